The number of benzene rings is 1. The lowest BCUT2D eigenvalue weighted by atomic mass is 9.71. The van der Waals surface area contributed by atoms with Gasteiger partial charge in [0.15, 0.2) is 5.78 Å². The van der Waals surface area contributed by atoms with Crippen molar-refractivity contribution in [2.24, 2.45) is 11.3 Å². The van der Waals surface area contributed by atoms with Gasteiger partial charge >= 0.3 is 0 Å². The maximum atomic E-state index is 12.8. The van der Waals surface area contributed by atoms with Crippen LogP contribution in [0.15, 0.2) is 29.5 Å². The highest BCUT2D eigenvalue weighted by molar-refractivity contribution is 6.31. The van der Waals surface area contributed by atoms with Crippen molar-refractivity contribution in [3.05, 3.63) is 40.1 Å². The van der Waals surface area contributed by atoms with E-state index >= 15 is 0 Å². The van der Waals surface area contributed by atoms with Crippen molar-refractivity contribution < 1.29 is 14.4 Å². The van der Waals surface area contributed by atoms with Crippen LogP contribution in [0.4, 0.5) is 5.69 Å². The second-order valence-corrected chi connectivity index (χ2v) is 7.95. The van der Waals surface area contributed by atoms with Crippen molar-refractivity contribution in [1.29, 1.82) is 0 Å². The van der Waals surface area contributed by atoms with Gasteiger partial charge in [-0.25, -0.2) is 0 Å². The molecule has 6 heteroatoms. The molecule has 2 amide bonds. The highest BCUT2D eigenvalue weighted by Crippen LogP contribution is 2.41. The molecule has 132 valence electrons. The maximum Gasteiger partial charge on any atom is 0.232 e. The van der Waals surface area contributed by atoms with Gasteiger partial charge in [0.2, 0.25) is 11.8 Å². The molecular weight excluding hydrogens is 340 g/mol. The van der Waals surface area contributed by atoms with E-state index in [0.717, 1.165) is 5.56 Å². The van der Waals surface area contributed by atoms with Crippen molar-refractivity contribution in [2.45, 2.75) is 40.0 Å². The first-order valence-corrected chi connectivity index (χ1v) is 8.68. The lowest BCUT2D eigenvalue weighted by Crippen LogP contribution is -2.44. The van der Waals surface area contributed by atoms with Crippen LogP contribution in [0.5, 0.6) is 0 Å². The minimum absolute atomic E-state index is 0.0174. The van der Waals surface area contributed by atoms with Crippen molar-refractivity contribution >= 4 is 34.9 Å². The first-order valence-electron chi connectivity index (χ1n) is 8.30. The molecule has 0 radical (unpaired) electrons. The standard InChI is InChI=1S/C19H21ClN2O3/c1-10-12(20)5-4-6-13(10)22-18(25)11-7-16(24)21-14-8-19(2,3)9-15(23)17(11)14/h4-6,11H,7-9H2,1-3H3,(H,21,24)(H,22,25)/t11-/m0/s1. The Kier molecular flexibility index (Phi) is 4.45. The van der Waals surface area contributed by atoms with Gasteiger partial charge in [0, 0.05) is 34.8 Å². The lowest BCUT2D eigenvalue weighted by Gasteiger charge is -2.37. The number of Topliss-reactive ketones (excluding diaryl/α,β-unsaturated/α-hetero) is 1. The van der Waals surface area contributed by atoms with Gasteiger partial charge in [0.05, 0.1) is 5.92 Å². The Morgan fingerprint density at radius 3 is 2.72 bits per heavy atom. The van der Waals surface area contributed by atoms with Crippen molar-refractivity contribution in [2.75, 3.05) is 5.32 Å². The maximum absolute atomic E-state index is 12.8. The fourth-order valence-electron chi connectivity index (χ4n) is 3.54. The zero-order valence-electron chi connectivity index (χ0n) is 14.5. The monoisotopic (exact) mass is 360 g/mol. The molecule has 0 bridgehead atoms. The number of hydrogen-bond acceptors (Lipinski definition) is 3. The summed E-state index contributed by atoms with van der Waals surface area (Å²) >= 11 is 6.09. The number of carbonyl (C=O) groups excluding carboxylic acids is 3. The number of rotatable bonds is 2. The van der Waals surface area contributed by atoms with Crippen LogP contribution in [-0.4, -0.2) is 17.6 Å². The molecule has 0 unspecified atom stereocenters. The molecule has 1 aromatic rings. The minimum atomic E-state index is -0.759. The van der Waals surface area contributed by atoms with E-state index in [4.69, 9.17) is 11.6 Å². The van der Waals surface area contributed by atoms with E-state index < -0.39 is 5.92 Å². The molecule has 0 fully saturated rings. The number of allylic oxidation sites excluding steroid dienone is 1. The average Bonchev–Trinajstić information content (AvgIpc) is 2.49. The predicted molar refractivity (Wildman–Crippen MR) is 96.1 cm³/mol. The summed E-state index contributed by atoms with van der Waals surface area (Å²) in [5.41, 5.74) is 2.18. The first-order chi connectivity index (χ1) is 11.7. The zero-order chi connectivity index (χ0) is 18.4. The normalized spacial score (nSPS) is 22.3. The molecule has 25 heavy (non-hydrogen) atoms. The molecular formula is C19H21ClN2O3. The van der Waals surface area contributed by atoms with E-state index in [-0.39, 0.29) is 29.4 Å². The number of anilines is 1. The van der Waals surface area contributed by atoms with E-state index in [1.807, 2.05) is 20.8 Å². The number of amides is 2. The highest BCUT2D eigenvalue weighted by atomic mass is 35.5. The summed E-state index contributed by atoms with van der Waals surface area (Å²) in [6.45, 7) is 5.78. The molecule has 5 nitrogen and oxygen atoms in total. The summed E-state index contributed by atoms with van der Waals surface area (Å²) in [6.07, 6.45) is 0.942. The van der Waals surface area contributed by atoms with Crippen LogP contribution in [-0.2, 0) is 14.4 Å². The third kappa shape index (κ3) is 3.47. The summed E-state index contributed by atoms with van der Waals surface area (Å²) in [4.78, 5) is 37.5. The molecule has 1 atom stereocenters. The molecule has 0 aromatic heterocycles. The van der Waals surface area contributed by atoms with Crippen LogP contribution < -0.4 is 10.6 Å². The van der Waals surface area contributed by atoms with Gasteiger partial charge < -0.3 is 10.6 Å². The van der Waals surface area contributed by atoms with E-state index in [9.17, 15) is 14.4 Å². The Bertz CT molecular complexity index is 811. The summed E-state index contributed by atoms with van der Waals surface area (Å²) in [6, 6.07) is 5.24. The van der Waals surface area contributed by atoms with Gasteiger partial charge in [-0.2, -0.15) is 0 Å². The molecule has 0 saturated carbocycles. The van der Waals surface area contributed by atoms with Crippen molar-refractivity contribution in [3.63, 3.8) is 0 Å². The summed E-state index contributed by atoms with van der Waals surface area (Å²) in [5, 5.41) is 6.17. The zero-order valence-corrected chi connectivity index (χ0v) is 15.3. The third-order valence-corrected chi connectivity index (χ3v) is 5.20. The predicted octanol–water partition coefficient (Wildman–Crippen LogP) is 3.37. The smallest absolute Gasteiger partial charge is 0.232 e. The van der Waals surface area contributed by atoms with Gasteiger partial charge in [-0.3, -0.25) is 14.4 Å². The SMILES string of the molecule is Cc1c(Cl)cccc1NC(=O)[C@H]1CC(=O)NC2=C1C(=O)CC(C)(C)C2. The fourth-order valence-corrected chi connectivity index (χ4v) is 3.72. The number of halogens is 1. The molecule has 1 aromatic carbocycles. The Balaban J connectivity index is 1.92. The molecule has 1 heterocycles. The number of hydrogen-bond donors (Lipinski definition) is 2. The van der Waals surface area contributed by atoms with Crippen LogP contribution in [0, 0.1) is 18.3 Å². The average molecular weight is 361 g/mol. The van der Waals surface area contributed by atoms with Crippen LogP contribution >= 0.6 is 11.6 Å². The van der Waals surface area contributed by atoms with E-state index in [0.29, 0.717) is 34.8 Å². The number of ketones is 1. The lowest BCUT2D eigenvalue weighted by molar-refractivity contribution is -0.129. The Hall–Kier alpha value is -2.14. The van der Waals surface area contributed by atoms with Gasteiger partial charge in [-0.1, -0.05) is 31.5 Å². The molecule has 2 aliphatic rings. The van der Waals surface area contributed by atoms with E-state index in [1.54, 1.807) is 18.2 Å². The van der Waals surface area contributed by atoms with Gasteiger partial charge in [-0.05, 0) is 36.5 Å². The fraction of sp³-hybridized carbons (Fsp3) is 0.421. The van der Waals surface area contributed by atoms with Crippen molar-refractivity contribution in [1.82, 2.24) is 5.32 Å². The topological polar surface area (TPSA) is 75.3 Å². The summed E-state index contributed by atoms with van der Waals surface area (Å²) in [5.74, 6) is -1.40. The quantitative estimate of drug-likeness (QED) is 0.849. The van der Waals surface area contributed by atoms with Crippen molar-refractivity contribution in [3.8, 4) is 0 Å². The second-order valence-electron chi connectivity index (χ2n) is 7.54. The number of carbonyl (C=O) groups is 3. The minimum Gasteiger partial charge on any atom is -0.329 e. The molecule has 0 saturated heterocycles. The molecule has 3 rings (SSSR count). The third-order valence-electron chi connectivity index (χ3n) is 4.79. The van der Waals surface area contributed by atoms with Gasteiger partial charge in [-0.15, -0.1) is 0 Å². The summed E-state index contributed by atoms with van der Waals surface area (Å²) in [7, 11) is 0. The molecule has 0 spiro atoms. The first kappa shape index (κ1) is 17.7. The molecule has 1 aliphatic heterocycles. The van der Waals surface area contributed by atoms with Gasteiger partial charge in [0.25, 0.3) is 0 Å². The van der Waals surface area contributed by atoms with Crippen LogP contribution in [0.3, 0.4) is 0 Å². The van der Waals surface area contributed by atoms with Gasteiger partial charge in [0.1, 0.15) is 0 Å². The van der Waals surface area contributed by atoms with E-state index in [1.165, 1.54) is 0 Å². The number of nitrogens with one attached hydrogen (secondary N) is 2. The summed E-state index contributed by atoms with van der Waals surface area (Å²) < 4.78 is 0. The Labute approximate surface area is 151 Å². The molecule has 2 N–H and O–H groups in total. The van der Waals surface area contributed by atoms with Crippen LogP contribution in [0.25, 0.3) is 0 Å². The Morgan fingerprint density at radius 1 is 1.28 bits per heavy atom. The van der Waals surface area contributed by atoms with Crippen LogP contribution in [0.1, 0.15) is 38.7 Å². The van der Waals surface area contributed by atoms with Crippen LogP contribution in [0.2, 0.25) is 5.02 Å². The molecule has 1 aliphatic carbocycles. The Morgan fingerprint density at radius 2 is 2.00 bits per heavy atom. The largest absolute Gasteiger partial charge is 0.329 e. The highest BCUT2D eigenvalue weighted by Gasteiger charge is 2.42. The van der Waals surface area contributed by atoms with E-state index in [2.05, 4.69) is 10.6 Å². The second kappa shape index (κ2) is 6.30.